The van der Waals surface area contributed by atoms with Crippen molar-refractivity contribution < 1.29 is 4.79 Å². The van der Waals surface area contributed by atoms with Crippen LogP contribution in [0.25, 0.3) is 0 Å². The van der Waals surface area contributed by atoms with Gasteiger partial charge in [0.05, 0.1) is 10.7 Å². The number of aromatic nitrogens is 2. The third-order valence-corrected chi connectivity index (χ3v) is 3.30. The standard InChI is InChI=1S/C16H18Cl2N4O/c1-9-19-13(15(23)22-16(2,3)4)8-14(20-9)21-12-6-5-10(17)7-11(12)18/h5-8H,1-4H3,(H,22,23)(H,19,20,21). The highest BCUT2D eigenvalue weighted by Crippen LogP contribution is 2.27. The van der Waals surface area contributed by atoms with Crippen LogP contribution < -0.4 is 10.6 Å². The molecule has 2 rings (SSSR count). The molecule has 1 heterocycles. The van der Waals surface area contributed by atoms with Crippen LogP contribution >= 0.6 is 23.2 Å². The predicted molar refractivity (Wildman–Crippen MR) is 93.7 cm³/mol. The van der Waals surface area contributed by atoms with Gasteiger partial charge in [0.25, 0.3) is 5.91 Å². The average molecular weight is 353 g/mol. The summed E-state index contributed by atoms with van der Waals surface area (Å²) in [7, 11) is 0. The molecule has 0 fully saturated rings. The third kappa shape index (κ3) is 5.08. The summed E-state index contributed by atoms with van der Waals surface area (Å²) in [5.41, 5.74) is 0.597. The lowest BCUT2D eigenvalue weighted by Gasteiger charge is -2.20. The smallest absolute Gasteiger partial charge is 0.270 e. The lowest BCUT2D eigenvalue weighted by molar-refractivity contribution is 0.0914. The number of amides is 1. The summed E-state index contributed by atoms with van der Waals surface area (Å²) in [6, 6.07) is 6.68. The maximum atomic E-state index is 12.3. The lowest BCUT2D eigenvalue weighted by atomic mass is 10.1. The Kier molecular flexibility index (Phi) is 5.12. The van der Waals surface area contributed by atoms with Crippen LogP contribution in [0.1, 0.15) is 37.1 Å². The van der Waals surface area contributed by atoms with Crippen molar-refractivity contribution >= 4 is 40.6 Å². The second kappa shape index (κ2) is 6.72. The highest BCUT2D eigenvalue weighted by atomic mass is 35.5. The molecule has 1 aromatic heterocycles. The monoisotopic (exact) mass is 352 g/mol. The van der Waals surface area contributed by atoms with Gasteiger partial charge in [0.1, 0.15) is 17.3 Å². The minimum absolute atomic E-state index is 0.256. The van der Waals surface area contributed by atoms with E-state index in [4.69, 9.17) is 23.2 Å². The number of nitrogens with one attached hydrogen (secondary N) is 2. The van der Waals surface area contributed by atoms with Crippen LogP contribution in [0.4, 0.5) is 11.5 Å². The van der Waals surface area contributed by atoms with Crippen LogP contribution in [-0.2, 0) is 0 Å². The average Bonchev–Trinajstić information content (AvgIpc) is 2.39. The number of hydrogen-bond acceptors (Lipinski definition) is 4. The first-order chi connectivity index (χ1) is 10.6. The Hall–Kier alpha value is -1.85. The van der Waals surface area contributed by atoms with Crippen molar-refractivity contribution in [1.29, 1.82) is 0 Å². The Bertz CT molecular complexity index is 741. The van der Waals surface area contributed by atoms with E-state index in [1.165, 1.54) is 0 Å². The molecule has 2 N–H and O–H groups in total. The topological polar surface area (TPSA) is 66.9 Å². The fourth-order valence-corrected chi connectivity index (χ4v) is 2.34. The molecule has 0 spiro atoms. The van der Waals surface area contributed by atoms with Gasteiger partial charge in [0, 0.05) is 16.6 Å². The fourth-order valence-electron chi connectivity index (χ4n) is 1.88. The highest BCUT2D eigenvalue weighted by molar-refractivity contribution is 6.36. The van der Waals surface area contributed by atoms with E-state index in [1.54, 1.807) is 31.2 Å². The zero-order valence-corrected chi connectivity index (χ0v) is 14.9. The zero-order chi connectivity index (χ0) is 17.2. The molecule has 23 heavy (non-hydrogen) atoms. The van der Waals surface area contributed by atoms with Gasteiger partial charge < -0.3 is 10.6 Å². The maximum Gasteiger partial charge on any atom is 0.270 e. The first-order valence-corrected chi connectivity index (χ1v) is 7.80. The zero-order valence-electron chi connectivity index (χ0n) is 13.4. The molecule has 2 aromatic rings. The fraction of sp³-hybridized carbons (Fsp3) is 0.312. The molecule has 1 amide bonds. The molecule has 0 saturated carbocycles. The molecule has 1 aromatic carbocycles. The molecule has 0 unspecified atom stereocenters. The first kappa shape index (κ1) is 17.5. The van der Waals surface area contributed by atoms with E-state index in [9.17, 15) is 4.79 Å². The Labute approximate surface area is 145 Å². The van der Waals surface area contributed by atoms with Crippen LogP contribution in [0.5, 0.6) is 0 Å². The Morgan fingerprint density at radius 1 is 1.13 bits per heavy atom. The minimum atomic E-state index is -0.344. The number of nitrogens with zero attached hydrogens (tertiary/aromatic N) is 2. The van der Waals surface area contributed by atoms with Gasteiger partial charge >= 0.3 is 0 Å². The van der Waals surface area contributed by atoms with Gasteiger partial charge in [-0.1, -0.05) is 23.2 Å². The second-order valence-electron chi connectivity index (χ2n) is 6.14. The van der Waals surface area contributed by atoms with Crippen molar-refractivity contribution in [1.82, 2.24) is 15.3 Å². The number of carbonyl (C=O) groups excluding carboxylic acids is 1. The summed E-state index contributed by atoms with van der Waals surface area (Å²) >= 11 is 12.0. The number of carbonyl (C=O) groups is 1. The van der Waals surface area contributed by atoms with Crippen molar-refractivity contribution in [2.45, 2.75) is 33.2 Å². The van der Waals surface area contributed by atoms with Crippen molar-refractivity contribution in [3.8, 4) is 0 Å². The van der Waals surface area contributed by atoms with Crippen LogP contribution in [0, 0.1) is 6.92 Å². The molecule has 0 aliphatic heterocycles. The summed E-state index contributed by atoms with van der Waals surface area (Å²) in [5.74, 6) is 0.716. The first-order valence-electron chi connectivity index (χ1n) is 7.04. The molecule has 0 radical (unpaired) electrons. The summed E-state index contributed by atoms with van der Waals surface area (Å²) in [5, 5.41) is 6.96. The molecule has 0 aliphatic carbocycles. The van der Waals surface area contributed by atoms with E-state index in [2.05, 4.69) is 20.6 Å². The van der Waals surface area contributed by atoms with E-state index in [1.807, 2.05) is 20.8 Å². The van der Waals surface area contributed by atoms with Gasteiger partial charge in [-0.3, -0.25) is 4.79 Å². The number of rotatable bonds is 3. The van der Waals surface area contributed by atoms with E-state index < -0.39 is 0 Å². The summed E-state index contributed by atoms with van der Waals surface area (Å²) < 4.78 is 0. The molecule has 122 valence electrons. The quantitative estimate of drug-likeness (QED) is 0.860. The van der Waals surface area contributed by atoms with Gasteiger partial charge in [-0.05, 0) is 45.9 Å². The molecule has 0 bridgehead atoms. The summed E-state index contributed by atoms with van der Waals surface area (Å²) in [6.45, 7) is 7.45. The van der Waals surface area contributed by atoms with Gasteiger partial charge in [-0.25, -0.2) is 9.97 Å². The number of halogens is 2. The van der Waals surface area contributed by atoms with Crippen LogP contribution in [0.2, 0.25) is 10.0 Å². The largest absolute Gasteiger partial charge is 0.346 e. The SMILES string of the molecule is Cc1nc(Nc2ccc(Cl)cc2Cl)cc(C(=O)NC(C)(C)C)n1. The molecule has 0 aliphatic rings. The van der Waals surface area contributed by atoms with Gasteiger partial charge in [-0.15, -0.1) is 0 Å². The third-order valence-electron chi connectivity index (χ3n) is 2.75. The van der Waals surface area contributed by atoms with E-state index >= 15 is 0 Å². The Balaban J connectivity index is 2.28. The molecular weight excluding hydrogens is 335 g/mol. The van der Waals surface area contributed by atoms with Gasteiger partial charge in [0.2, 0.25) is 0 Å². The molecule has 0 saturated heterocycles. The van der Waals surface area contributed by atoms with E-state index in [0.717, 1.165) is 0 Å². The van der Waals surface area contributed by atoms with Crippen LogP contribution in [-0.4, -0.2) is 21.4 Å². The second-order valence-corrected chi connectivity index (χ2v) is 6.98. The van der Waals surface area contributed by atoms with Crippen molar-refractivity contribution in [3.05, 3.63) is 45.8 Å². The van der Waals surface area contributed by atoms with Crippen LogP contribution in [0.15, 0.2) is 24.3 Å². The van der Waals surface area contributed by atoms with Gasteiger partial charge in [-0.2, -0.15) is 0 Å². The predicted octanol–water partition coefficient (Wildman–Crippen LogP) is 4.36. The number of aryl methyl sites for hydroxylation is 1. The molecule has 0 atom stereocenters. The Morgan fingerprint density at radius 2 is 1.83 bits per heavy atom. The molecular formula is C16H18Cl2N4O. The van der Waals surface area contributed by atoms with E-state index in [0.29, 0.717) is 33.1 Å². The molecule has 7 heteroatoms. The van der Waals surface area contributed by atoms with Crippen LogP contribution in [0.3, 0.4) is 0 Å². The minimum Gasteiger partial charge on any atom is -0.346 e. The summed E-state index contributed by atoms with van der Waals surface area (Å²) in [6.07, 6.45) is 0. The van der Waals surface area contributed by atoms with Crippen molar-refractivity contribution in [3.63, 3.8) is 0 Å². The van der Waals surface area contributed by atoms with Crippen molar-refractivity contribution in [2.75, 3.05) is 5.32 Å². The van der Waals surface area contributed by atoms with E-state index in [-0.39, 0.29) is 11.4 Å². The highest BCUT2D eigenvalue weighted by Gasteiger charge is 2.17. The Morgan fingerprint density at radius 3 is 2.43 bits per heavy atom. The van der Waals surface area contributed by atoms with Crippen molar-refractivity contribution in [2.24, 2.45) is 0 Å². The molecule has 5 nitrogen and oxygen atoms in total. The van der Waals surface area contributed by atoms with Gasteiger partial charge in [0.15, 0.2) is 0 Å². The maximum absolute atomic E-state index is 12.3. The summed E-state index contributed by atoms with van der Waals surface area (Å²) in [4.78, 5) is 20.7. The normalized spacial score (nSPS) is 11.2. The number of anilines is 2. The number of benzene rings is 1. The number of hydrogen-bond donors (Lipinski definition) is 2. The lowest BCUT2D eigenvalue weighted by Crippen LogP contribution is -2.41.